The lowest BCUT2D eigenvalue weighted by molar-refractivity contribution is 0.913. The minimum absolute atomic E-state index is 0.385. The van der Waals surface area contributed by atoms with Gasteiger partial charge in [-0.3, -0.25) is 0 Å². The fourth-order valence-corrected chi connectivity index (χ4v) is 0.619. The van der Waals surface area contributed by atoms with E-state index in [1.165, 1.54) is 0 Å². The lowest BCUT2D eigenvalue weighted by atomic mass is 10.4. The highest BCUT2D eigenvalue weighted by Crippen LogP contribution is 1.88. The van der Waals surface area contributed by atoms with Crippen LogP contribution >= 0.6 is 0 Å². The molecule has 52 valence electrons. The molecule has 1 heterocycles. The fraction of sp³-hybridized carbons (Fsp3) is 0.286. The normalized spacial score (nSPS) is 8.60. The van der Waals surface area contributed by atoms with E-state index >= 15 is 0 Å². The number of aromatic nitrogens is 2. The van der Waals surface area contributed by atoms with Gasteiger partial charge in [0.1, 0.15) is 5.69 Å². The van der Waals surface area contributed by atoms with Crippen molar-refractivity contribution in [1.29, 1.82) is 0 Å². The monoisotopic (exact) mass is 135 g/mol. The van der Waals surface area contributed by atoms with Crippen molar-refractivity contribution in [2.45, 2.75) is 0 Å². The average Bonchev–Trinajstić information content (AvgIpc) is 2.31. The Labute approximate surface area is 59.9 Å². The van der Waals surface area contributed by atoms with Crippen LogP contribution in [-0.2, 0) is 7.05 Å². The van der Waals surface area contributed by atoms with Crippen LogP contribution in [0.2, 0.25) is 0 Å². The lowest BCUT2D eigenvalue weighted by Crippen LogP contribution is -1.92. The SMILES string of the molecule is Cn1cnc(C#CCN)c1. The zero-order valence-corrected chi connectivity index (χ0v) is 5.83. The van der Waals surface area contributed by atoms with E-state index in [0.29, 0.717) is 6.54 Å². The Hall–Kier alpha value is -1.27. The Morgan fingerprint density at radius 2 is 2.60 bits per heavy atom. The zero-order chi connectivity index (χ0) is 7.40. The van der Waals surface area contributed by atoms with Gasteiger partial charge in [-0.2, -0.15) is 0 Å². The Kier molecular flexibility index (Phi) is 2.08. The highest BCUT2D eigenvalue weighted by molar-refractivity contribution is 5.24. The summed E-state index contributed by atoms with van der Waals surface area (Å²) in [6.07, 6.45) is 3.56. The number of rotatable bonds is 0. The van der Waals surface area contributed by atoms with Crippen molar-refractivity contribution < 1.29 is 0 Å². The van der Waals surface area contributed by atoms with Crippen molar-refractivity contribution in [2.75, 3.05) is 6.54 Å². The molecule has 0 spiro atoms. The summed E-state index contributed by atoms with van der Waals surface area (Å²) in [5.74, 6) is 5.54. The summed E-state index contributed by atoms with van der Waals surface area (Å²) in [5.41, 5.74) is 5.95. The van der Waals surface area contributed by atoms with Gasteiger partial charge in [0.2, 0.25) is 0 Å². The molecule has 0 amide bonds. The van der Waals surface area contributed by atoms with E-state index in [2.05, 4.69) is 16.8 Å². The molecular weight excluding hydrogens is 126 g/mol. The summed E-state index contributed by atoms with van der Waals surface area (Å²) >= 11 is 0. The van der Waals surface area contributed by atoms with E-state index in [1.807, 2.05) is 17.8 Å². The fourth-order valence-electron chi connectivity index (χ4n) is 0.619. The van der Waals surface area contributed by atoms with Crippen LogP contribution in [0.15, 0.2) is 12.5 Å². The third kappa shape index (κ3) is 1.61. The zero-order valence-electron chi connectivity index (χ0n) is 5.83. The molecule has 1 rings (SSSR count). The largest absolute Gasteiger partial charge is 0.339 e. The van der Waals surface area contributed by atoms with Gasteiger partial charge >= 0.3 is 0 Å². The second-order valence-electron chi connectivity index (χ2n) is 1.93. The summed E-state index contributed by atoms with van der Waals surface area (Å²) in [7, 11) is 1.90. The van der Waals surface area contributed by atoms with Crippen molar-refractivity contribution in [2.24, 2.45) is 12.8 Å². The molecule has 0 aliphatic rings. The van der Waals surface area contributed by atoms with Crippen LogP contribution < -0.4 is 5.73 Å². The van der Waals surface area contributed by atoms with Gasteiger partial charge in [0, 0.05) is 13.2 Å². The van der Waals surface area contributed by atoms with Crippen LogP contribution in [-0.4, -0.2) is 16.1 Å². The molecule has 10 heavy (non-hydrogen) atoms. The molecule has 3 heteroatoms. The maximum Gasteiger partial charge on any atom is 0.131 e. The molecule has 0 saturated carbocycles. The van der Waals surface area contributed by atoms with Crippen molar-refractivity contribution in [1.82, 2.24) is 9.55 Å². The highest BCUT2D eigenvalue weighted by Gasteiger charge is 1.87. The van der Waals surface area contributed by atoms with Crippen molar-refractivity contribution in [3.05, 3.63) is 18.2 Å². The van der Waals surface area contributed by atoms with E-state index < -0.39 is 0 Å². The standard InChI is InChI=1S/C7H9N3/c1-10-5-7(9-6-10)3-2-4-8/h5-6H,4,8H2,1H3. The first-order valence-corrected chi connectivity index (χ1v) is 3.00. The molecule has 1 aromatic heterocycles. The molecule has 1 aromatic rings. The van der Waals surface area contributed by atoms with Gasteiger partial charge in [-0.25, -0.2) is 4.98 Å². The highest BCUT2D eigenvalue weighted by atomic mass is 15.0. The van der Waals surface area contributed by atoms with Gasteiger partial charge in [-0.15, -0.1) is 0 Å². The predicted octanol–water partition coefficient (Wildman–Crippen LogP) is -0.270. The second-order valence-corrected chi connectivity index (χ2v) is 1.93. The average molecular weight is 135 g/mol. The number of nitrogens with zero attached hydrogens (tertiary/aromatic N) is 2. The molecule has 0 radical (unpaired) electrons. The van der Waals surface area contributed by atoms with Gasteiger partial charge in [-0.1, -0.05) is 5.92 Å². The predicted molar refractivity (Wildman–Crippen MR) is 39.1 cm³/mol. The molecule has 0 saturated heterocycles. The molecule has 0 unspecified atom stereocenters. The van der Waals surface area contributed by atoms with Crippen LogP contribution in [0, 0.1) is 11.8 Å². The van der Waals surface area contributed by atoms with E-state index in [0.717, 1.165) is 5.69 Å². The summed E-state index contributed by atoms with van der Waals surface area (Å²) < 4.78 is 1.85. The topological polar surface area (TPSA) is 43.8 Å². The number of hydrogen-bond donors (Lipinski definition) is 1. The summed E-state index contributed by atoms with van der Waals surface area (Å²) in [6, 6.07) is 0. The second kappa shape index (κ2) is 3.04. The molecule has 0 aromatic carbocycles. The number of hydrogen-bond acceptors (Lipinski definition) is 2. The van der Waals surface area contributed by atoms with Gasteiger partial charge in [0.15, 0.2) is 0 Å². The summed E-state index contributed by atoms with van der Waals surface area (Å²) in [5, 5.41) is 0. The van der Waals surface area contributed by atoms with Gasteiger partial charge < -0.3 is 10.3 Å². The Bertz CT molecular complexity index is 264. The Morgan fingerprint density at radius 1 is 1.80 bits per heavy atom. The van der Waals surface area contributed by atoms with Crippen LogP contribution in [0.3, 0.4) is 0 Å². The van der Waals surface area contributed by atoms with E-state index in [1.54, 1.807) is 6.33 Å². The van der Waals surface area contributed by atoms with E-state index in [9.17, 15) is 0 Å². The Balaban J connectivity index is 2.76. The molecule has 0 aliphatic heterocycles. The molecule has 3 nitrogen and oxygen atoms in total. The number of nitrogens with two attached hydrogens (primary N) is 1. The van der Waals surface area contributed by atoms with Gasteiger partial charge in [-0.05, 0) is 5.92 Å². The van der Waals surface area contributed by atoms with E-state index in [-0.39, 0.29) is 0 Å². The molecule has 0 bridgehead atoms. The van der Waals surface area contributed by atoms with Crippen LogP contribution in [0.25, 0.3) is 0 Å². The molecule has 0 aliphatic carbocycles. The first-order chi connectivity index (χ1) is 4.83. The molecule has 0 fully saturated rings. The maximum atomic E-state index is 5.17. The Morgan fingerprint density at radius 3 is 3.10 bits per heavy atom. The first-order valence-electron chi connectivity index (χ1n) is 3.00. The molecule has 0 atom stereocenters. The van der Waals surface area contributed by atoms with Gasteiger partial charge in [0.05, 0.1) is 12.9 Å². The molecular formula is C7H9N3. The van der Waals surface area contributed by atoms with E-state index in [4.69, 9.17) is 5.73 Å². The van der Waals surface area contributed by atoms with Crippen molar-refractivity contribution >= 4 is 0 Å². The first kappa shape index (κ1) is 6.84. The maximum absolute atomic E-state index is 5.17. The van der Waals surface area contributed by atoms with Crippen LogP contribution in [0.5, 0.6) is 0 Å². The van der Waals surface area contributed by atoms with Crippen molar-refractivity contribution in [3.63, 3.8) is 0 Å². The summed E-state index contributed by atoms with van der Waals surface area (Å²) in [6.45, 7) is 0.385. The summed E-state index contributed by atoms with van der Waals surface area (Å²) in [4.78, 5) is 3.99. The van der Waals surface area contributed by atoms with Gasteiger partial charge in [0.25, 0.3) is 0 Å². The quantitative estimate of drug-likeness (QED) is 0.498. The number of imidazole rings is 1. The minimum atomic E-state index is 0.385. The van der Waals surface area contributed by atoms with Crippen LogP contribution in [0.4, 0.5) is 0 Å². The number of aryl methyl sites for hydroxylation is 1. The third-order valence-electron chi connectivity index (χ3n) is 1.02. The molecule has 2 N–H and O–H groups in total. The van der Waals surface area contributed by atoms with Crippen LogP contribution in [0.1, 0.15) is 5.69 Å². The smallest absolute Gasteiger partial charge is 0.131 e. The minimum Gasteiger partial charge on any atom is -0.339 e. The van der Waals surface area contributed by atoms with Crippen molar-refractivity contribution in [3.8, 4) is 11.8 Å². The third-order valence-corrected chi connectivity index (χ3v) is 1.02. The lowest BCUT2D eigenvalue weighted by Gasteiger charge is -1.78.